The number of aryl methyl sites for hydroxylation is 1. The van der Waals surface area contributed by atoms with Crippen LogP contribution >= 0.6 is 11.6 Å². The minimum absolute atomic E-state index is 0.180. The maximum atomic E-state index is 6.26. The van der Waals surface area contributed by atoms with Gasteiger partial charge in [-0.3, -0.25) is 0 Å². The summed E-state index contributed by atoms with van der Waals surface area (Å²) in [7, 11) is 0. The third-order valence-electron chi connectivity index (χ3n) is 2.67. The van der Waals surface area contributed by atoms with E-state index in [0.717, 1.165) is 18.6 Å². The quantitative estimate of drug-likeness (QED) is 0.677. The van der Waals surface area contributed by atoms with Gasteiger partial charge in [0, 0.05) is 0 Å². The summed E-state index contributed by atoms with van der Waals surface area (Å²) in [6.45, 7) is 2.71. The Morgan fingerprint density at radius 1 is 1.50 bits per heavy atom. The topological polar surface area (TPSA) is 9.23 Å². The molecule has 0 bridgehead atoms. The molecule has 2 rings (SSSR count). The highest BCUT2D eigenvalue weighted by Crippen LogP contribution is 2.36. The fourth-order valence-electron chi connectivity index (χ4n) is 1.98. The van der Waals surface area contributed by atoms with Crippen molar-refractivity contribution in [1.82, 2.24) is 0 Å². The maximum absolute atomic E-state index is 6.26. The lowest BCUT2D eigenvalue weighted by molar-refractivity contribution is 0.339. The predicted octanol–water partition coefficient (Wildman–Crippen LogP) is 3.70. The van der Waals surface area contributed by atoms with Gasteiger partial charge in [-0.05, 0) is 49.4 Å². The molecular weight excluding hydrogens is 196 g/mol. The van der Waals surface area contributed by atoms with E-state index in [1.54, 1.807) is 0 Å². The minimum Gasteiger partial charge on any atom is -0.494 e. The Morgan fingerprint density at radius 2 is 2.36 bits per heavy atom. The van der Waals surface area contributed by atoms with Crippen LogP contribution in [0, 0.1) is 0 Å². The molecule has 0 saturated heterocycles. The molecule has 1 unspecified atom stereocenters. The van der Waals surface area contributed by atoms with Crippen molar-refractivity contribution < 1.29 is 4.74 Å². The van der Waals surface area contributed by atoms with Gasteiger partial charge < -0.3 is 4.74 Å². The first-order chi connectivity index (χ1) is 6.81. The van der Waals surface area contributed by atoms with E-state index < -0.39 is 0 Å². The molecule has 0 fully saturated rings. The van der Waals surface area contributed by atoms with Gasteiger partial charge in [-0.1, -0.05) is 6.07 Å². The molecule has 0 heterocycles. The largest absolute Gasteiger partial charge is 0.494 e. The molecule has 1 aliphatic carbocycles. The van der Waals surface area contributed by atoms with E-state index in [0.29, 0.717) is 6.61 Å². The first-order valence-corrected chi connectivity index (χ1v) is 5.64. The van der Waals surface area contributed by atoms with Gasteiger partial charge in [-0.2, -0.15) is 0 Å². The van der Waals surface area contributed by atoms with Crippen molar-refractivity contribution in [2.75, 3.05) is 6.61 Å². The van der Waals surface area contributed by atoms with Crippen LogP contribution in [0.3, 0.4) is 0 Å². The van der Waals surface area contributed by atoms with Crippen molar-refractivity contribution in [1.29, 1.82) is 0 Å². The number of benzene rings is 1. The van der Waals surface area contributed by atoms with Crippen LogP contribution in [0.1, 0.15) is 36.3 Å². The fourth-order valence-corrected chi connectivity index (χ4v) is 2.33. The Balaban J connectivity index is 2.31. The standard InChI is InChI=1S/C12H15ClO/c1-2-14-10-7-6-9-4-3-5-12(13)11(9)8-10/h6-8,12H,2-5H2,1H3. The molecule has 1 aliphatic rings. The number of alkyl halides is 1. The summed E-state index contributed by atoms with van der Waals surface area (Å²) >= 11 is 6.26. The molecule has 1 nitrogen and oxygen atoms in total. The Kier molecular flexibility index (Phi) is 2.97. The molecule has 2 heteroatoms. The Bertz CT molecular complexity index is 322. The molecule has 0 saturated carbocycles. The minimum atomic E-state index is 0.180. The molecule has 0 N–H and O–H groups in total. The van der Waals surface area contributed by atoms with Crippen LogP contribution < -0.4 is 4.74 Å². The van der Waals surface area contributed by atoms with E-state index in [-0.39, 0.29) is 5.38 Å². The first kappa shape index (κ1) is 9.85. The Hall–Kier alpha value is -0.690. The number of halogens is 1. The van der Waals surface area contributed by atoms with Gasteiger partial charge in [0.15, 0.2) is 0 Å². The average Bonchev–Trinajstić information content (AvgIpc) is 2.20. The molecule has 0 aliphatic heterocycles. The molecule has 0 spiro atoms. The number of rotatable bonds is 2. The van der Waals surface area contributed by atoms with E-state index in [2.05, 4.69) is 12.1 Å². The molecule has 14 heavy (non-hydrogen) atoms. The van der Waals surface area contributed by atoms with Gasteiger partial charge in [0.1, 0.15) is 5.75 Å². The third-order valence-corrected chi connectivity index (χ3v) is 3.12. The van der Waals surface area contributed by atoms with E-state index in [1.165, 1.54) is 17.5 Å². The number of hydrogen-bond acceptors (Lipinski definition) is 1. The van der Waals surface area contributed by atoms with Crippen molar-refractivity contribution in [2.24, 2.45) is 0 Å². The molecular formula is C12H15ClO. The summed E-state index contributed by atoms with van der Waals surface area (Å²) < 4.78 is 5.46. The fraction of sp³-hybridized carbons (Fsp3) is 0.500. The SMILES string of the molecule is CCOc1ccc2c(c1)C(Cl)CCC2. The smallest absolute Gasteiger partial charge is 0.119 e. The zero-order valence-corrected chi connectivity index (χ0v) is 9.18. The van der Waals surface area contributed by atoms with Crippen molar-refractivity contribution in [3.05, 3.63) is 29.3 Å². The van der Waals surface area contributed by atoms with E-state index in [9.17, 15) is 0 Å². The highest BCUT2D eigenvalue weighted by molar-refractivity contribution is 6.21. The zero-order valence-electron chi connectivity index (χ0n) is 8.42. The lowest BCUT2D eigenvalue weighted by Crippen LogP contribution is -2.05. The van der Waals surface area contributed by atoms with Crippen LogP contribution in [-0.4, -0.2) is 6.61 Å². The van der Waals surface area contributed by atoms with Crippen LogP contribution in [0.15, 0.2) is 18.2 Å². The highest BCUT2D eigenvalue weighted by atomic mass is 35.5. The summed E-state index contributed by atoms with van der Waals surface area (Å²) in [6.07, 6.45) is 3.45. The lowest BCUT2D eigenvalue weighted by atomic mass is 9.91. The number of hydrogen-bond donors (Lipinski definition) is 0. The number of ether oxygens (including phenoxy) is 1. The lowest BCUT2D eigenvalue weighted by Gasteiger charge is -2.21. The third kappa shape index (κ3) is 1.88. The average molecular weight is 211 g/mol. The summed E-state index contributed by atoms with van der Waals surface area (Å²) in [6, 6.07) is 6.28. The Morgan fingerprint density at radius 3 is 3.14 bits per heavy atom. The molecule has 1 aromatic carbocycles. The van der Waals surface area contributed by atoms with Crippen molar-refractivity contribution in [2.45, 2.75) is 31.6 Å². The van der Waals surface area contributed by atoms with Crippen molar-refractivity contribution in [3.63, 3.8) is 0 Å². The van der Waals surface area contributed by atoms with Crippen LogP contribution in [0.4, 0.5) is 0 Å². The van der Waals surface area contributed by atoms with Gasteiger partial charge in [-0.25, -0.2) is 0 Å². The van der Waals surface area contributed by atoms with E-state index in [1.807, 2.05) is 13.0 Å². The molecule has 0 aromatic heterocycles. The second kappa shape index (κ2) is 4.22. The Labute approximate surface area is 90.0 Å². The van der Waals surface area contributed by atoms with Crippen molar-refractivity contribution >= 4 is 11.6 Å². The molecule has 1 aromatic rings. The zero-order chi connectivity index (χ0) is 9.97. The van der Waals surface area contributed by atoms with Crippen LogP contribution in [0.2, 0.25) is 0 Å². The molecule has 1 atom stereocenters. The molecule has 76 valence electrons. The van der Waals surface area contributed by atoms with Gasteiger partial charge in [0.05, 0.1) is 12.0 Å². The van der Waals surface area contributed by atoms with E-state index >= 15 is 0 Å². The van der Waals surface area contributed by atoms with Gasteiger partial charge in [-0.15, -0.1) is 11.6 Å². The monoisotopic (exact) mass is 210 g/mol. The number of fused-ring (bicyclic) bond motifs is 1. The first-order valence-electron chi connectivity index (χ1n) is 5.21. The normalized spacial score (nSPS) is 20.3. The van der Waals surface area contributed by atoms with Gasteiger partial charge >= 0.3 is 0 Å². The maximum Gasteiger partial charge on any atom is 0.119 e. The summed E-state index contributed by atoms with van der Waals surface area (Å²) in [5.41, 5.74) is 2.66. The molecule has 0 amide bonds. The van der Waals surface area contributed by atoms with Gasteiger partial charge in [0.25, 0.3) is 0 Å². The summed E-state index contributed by atoms with van der Waals surface area (Å²) in [5.74, 6) is 0.943. The van der Waals surface area contributed by atoms with Crippen molar-refractivity contribution in [3.8, 4) is 5.75 Å². The van der Waals surface area contributed by atoms with Crippen LogP contribution in [-0.2, 0) is 6.42 Å². The van der Waals surface area contributed by atoms with Crippen LogP contribution in [0.5, 0.6) is 5.75 Å². The summed E-state index contributed by atoms with van der Waals surface area (Å²) in [5, 5.41) is 0.180. The molecule has 0 radical (unpaired) electrons. The van der Waals surface area contributed by atoms with Gasteiger partial charge in [0.2, 0.25) is 0 Å². The summed E-state index contributed by atoms with van der Waals surface area (Å²) in [4.78, 5) is 0. The highest BCUT2D eigenvalue weighted by Gasteiger charge is 2.18. The second-order valence-corrected chi connectivity index (χ2v) is 4.18. The second-order valence-electron chi connectivity index (χ2n) is 3.65. The predicted molar refractivity (Wildman–Crippen MR) is 59.1 cm³/mol. The van der Waals surface area contributed by atoms with Crippen LogP contribution in [0.25, 0.3) is 0 Å². The van der Waals surface area contributed by atoms with E-state index in [4.69, 9.17) is 16.3 Å².